The van der Waals surface area contributed by atoms with Gasteiger partial charge in [0.1, 0.15) is 0 Å². The minimum Gasteiger partial charge on any atom is -0.330 e. The average Bonchev–Trinajstić information content (AvgIpc) is 2.33. The second kappa shape index (κ2) is 4.90. The van der Waals surface area contributed by atoms with Crippen molar-refractivity contribution in [3.05, 3.63) is 47.7 Å². The van der Waals surface area contributed by atoms with E-state index in [2.05, 4.69) is 42.3 Å². The third kappa shape index (κ3) is 2.12. The highest BCUT2D eigenvalue weighted by molar-refractivity contribution is 5.84. The highest BCUT2D eigenvalue weighted by Crippen LogP contribution is 2.20. The van der Waals surface area contributed by atoms with Gasteiger partial charge in [-0.15, -0.1) is 0 Å². The summed E-state index contributed by atoms with van der Waals surface area (Å²) in [6.07, 6.45) is 6.98. The van der Waals surface area contributed by atoms with Crippen LogP contribution in [0, 0.1) is 6.92 Å². The summed E-state index contributed by atoms with van der Waals surface area (Å²) >= 11 is 0. The maximum Gasteiger partial charge on any atom is 0.0737 e. The molecule has 2 rings (SSSR count). The summed E-state index contributed by atoms with van der Waals surface area (Å²) in [5.41, 5.74) is 8.99. The van der Waals surface area contributed by atoms with Gasteiger partial charge < -0.3 is 5.73 Å². The number of aryl methyl sites for hydroxylation is 1. The number of nitrogens with two attached hydrogens (primary N) is 1. The van der Waals surface area contributed by atoms with Gasteiger partial charge in [0.2, 0.25) is 0 Å². The molecule has 82 valence electrons. The van der Waals surface area contributed by atoms with Gasteiger partial charge in [-0.25, -0.2) is 0 Å². The molecule has 0 radical (unpaired) electrons. The van der Waals surface area contributed by atoms with Crippen LogP contribution in [0.5, 0.6) is 0 Å². The van der Waals surface area contributed by atoms with Crippen molar-refractivity contribution in [3.63, 3.8) is 0 Å². The van der Waals surface area contributed by atoms with Crippen LogP contribution in [0.4, 0.5) is 0 Å². The van der Waals surface area contributed by atoms with Gasteiger partial charge in [-0.2, -0.15) is 0 Å². The largest absolute Gasteiger partial charge is 0.330 e. The minimum atomic E-state index is 0.696. The van der Waals surface area contributed by atoms with Crippen LogP contribution in [0.15, 0.2) is 36.5 Å². The molecule has 0 saturated heterocycles. The number of pyridine rings is 1. The van der Waals surface area contributed by atoms with Crippen LogP contribution in [-0.4, -0.2) is 11.5 Å². The molecule has 0 bridgehead atoms. The molecule has 0 aliphatic rings. The van der Waals surface area contributed by atoms with E-state index < -0.39 is 0 Å². The Balaban J connectivity index is 2.44. The molecule has 0 amide bonds. The lowest BCUT2D eigenvalue weighted by Crippen LogP contribution is -1.95. The van der Waals surface area contributed by atoms with E-state index in [-0.39, 0.29) is 0 Å². The highest BCUT2D eigenvalue weighted by Gasteiger charge is 2.01. The second-order valence-corrected chi connectivity index (χ2v) is 3.83. The smallest absolute Gasteiger partial charge is 0.0737 e. The van der Waals surface area contributed by atoms with Gasteiger partial charge in [-0.1, -0.05) is 30.4 Å². The second-order valence-electron chi connectivity index (χ2n) is 3.83. The van der Waals surface area contributed by atoms with Crippen molar-refractivity contribution in [1.29, 1.82) is 0 Å². The van der Waals surface area contributed by atoms with E-state index in [4.69, 9.17) is 5.73 Å². The van der Waals surface area contributed by atoms with Gasteiger partial charge in [0.25, 0.3) is 0 Å². The summed E-state index contributed by atoms with van der Waals surface area (Å²) in [4.78, 5) is 4.41. The van der Waals surface area contributed by atoms with Crippen LogP contribution < -0.4 is 5.73 Å². The average molecular weight is 212 g/mol. The molecule has 0 fully saturated rings. The molecule has 1 aromatic carbocycles. The summed E-state index contributed by atoms with van der Waals surface area (Å²) in [6.45, 7) is 2.80. The summed E-state index contributed by atoms with van der Waals surface area (Å²) in [6, 6.07) is 8.29. The van der Waals surface area contributed by atoms with E-state index >= 15 is 0 Å². The van der Waals surface area contributed by atoms with Crippen LogP contribution in [0.1, 0.15) is 17.5 Å². The lowest BCUT2D eigenvalue weighted by Gasteiger charge is -2.04. The van der Waals surface area contributed by atoms with Crippen molar-refractivity contribution in [2.45, 2.75) is 13.3 Å². The lowest BCUT2D eigenvalue weighted by atomic mass is 10.0. The Morgan fingerprint density at radius 3 is 3.00 bits per heavy atom. The predicted molar refractivity (Wildman–Crippen MR) is 69.2 cm³/mol. The number of fused-ring (bicyclic) bond motifs is 1. The molecule has 0 unspecified atom stereocenters. The zero-order chi connectivity index (χ0) is 11.4. The molecule has 0 aliphatic carbocycles. The van der Waals surface area contributed by atoms with Crippen molar-refractivity contribution in [2.75, 3.05) is 6.54 Å². The molecule has 2 heteroatoms. The molecule has 1 heterocycles. The van der Waals surface area contributed by atoms with Crippen LogP contribution in [-0.2, 0) is 0 Å². The fraction of sp³-hybridized carbons (Fsp3) is 0.214. The quantitative estimate of drug-likeness (QED) is 0.849. The molecule has 2 aromatic rings. The Hall–Kier alpha value is -1.67. The number of hydrogen-bond acceptors (Lipinski definition) is 2. The molecule has 2 nitrogen and oxygen atoms in total. The van der Waals surface area contributed by atoms with Gasteiger partial charge in [0.15, 0.2) is 0 Å². The fourth-order valence-corrected chi connectivity index (χ4v) is 1.79. The van der Waals surface area contributed by atoms with Gasteiger partial charge >= 0.3 is 0 Å². The SMILES string of the molecule is Cc1c(C=CCCN)ccc2cccnc12. The van der Waals surface area contributed by atoms with Crippen molar-refractivity contribution in [1.82, 2.24) is 4.98 Å². The highest BCUT2D eigenvalue weighted by atomic mass is 14.6. The van der Waals surface area contributed by atoms with E-state index in [1.807, 2.05) is 12.3 Å². The van der Waals surface area contributed by atoms with Crippen LogP contribution in [0.3, 0.4) is 0 Å². The maximum absolute atomic E-state index is 5.46. The van der Waals surface area contributed by atoms with Gasteiger partial charge in [-0.05, 0) is 37.1 Å². The third-order valence-corrected chi connectivity index (χ3v) is 2.70. The summed E-state index contributed by atoms with van der Waals surface area (Å²) < 4.78 is 0. The number of hydrogen-bond donors (Lipinski definition) is 1. The van der Waals surface area contributed by atoms with E-state index in [0.717, 1.165) is 11.9 Å². The van der Waals surface area contributed by atoms with Crippen molar-refractivity contribution in [2.24, 2.45) is 5.73 Å². The molecule has 0 spiro atoms. The molecule has 0 aliphatic heterocycles. The molecule has 16 heavy (non-hydrogen) atoms. The summed E-state index contributed by atoms with van der Waals surface area (Å²) in [5, 5.41) is 1.19. The van der Waals surface area contributed by atoms with Crippen LogP contribution in [0.25, 0.3) is 17.0 Å². The molecule has 2 N–H and O–H groups in total. The van der Waals surface area contributed by atoms with Gasteiger partial charge in [-0.3, -0.25) is 4.98 Å². The van der Waals surface area contributed by atoms with E-state index in [0.29, 0.717) is 6.54 Å². The topological polar surface area (TPSA) is 38.9 Å². The van der Waals surface area contributed by atoms with Crippen molar-refractivity contribution in [3.8, 4) is 0 Å². The number of nitrogens with zero attached hydrogens (tertiary/aromatic N) is 1. The first-order chi connectivity index (χ1) is 7.83. The Bertz CT molecular complexity index is 515. The van der Waals surface area contributed by atoms with Crippen molar-refractivity contribution < 1.29 is 0 Å². The Kier molecular flexibility index (Phi) is 3.32. The first kappa shape index (κ1) is 10.8. The Labute approximate surface area is 95.8 Å². The Morgan fingerprint density at radius 2 is 2.19 bits per heavy atom. The van der Waals surface area contributed by atoms with Crippen LogP contribution in [0.2, 0.25) is 0 Å². The van der Waals surface area contributed by atoms with E-state index in [1.54, 1.807) is 0 Å². The summed E-state index contributed by atoms with van der Waals surface area (Å²) in [5.74, 6) is 0. The molecular weight excluding hydrogens is 196 g/mol. The van der Waals surface area contributed by atoms with Gasteiger partial charge in [0.05, 0.1) is 5.52 Å². The molecular formula is C14H16N2. The first-order valence-corrected chi connectivity index (χ1v) is 5.54. The zero-order valence-corrected chi connectivity index (χ0v) is 9.48. The van der Waals surface area contributed by atoms with E-state index in [1.165, 1.54) is 16.5 Å². The monoisotopic (exact) mass is 212 g/mol. The number of aromatic nitrogens is 1. The number of benzene rings is 1. The van der Waals surface area contributed by atoms with E-state index in [9.17, 15) is 0 Å². The van der Waals surface area contributed by atoms with Crippen LogP contribution >= 0.6 is 0 Å². The lowest BCUT2D eigenvalue weighted by molar-refractivity contribution is 1.01. The molecule has 1 aromatic heterocycles. The third-order valence-electron chi connectivity index (χ3n) is 2.70. The standard InChI is InChI=1S/C14H16N2/c1-11-12(5-2-3-9-15)7-8-13-6-4-10-16-14(11)13/h2,4-8,10H,3,9,15H2,1H3. The summed E-state index contributed by atoms with van der Waals surface area (Å²) in [7, 11) is 0. The molecule has 0 atom stereocenters. The van der Waals surface area contributed by atoms with Crippen molar-refractivity contribution >= 4 is 17.0 Å². The minimum absolute atomic E-state index is 0.696. The Morgan fingerprint density at radius 1 is 1.31 bits per heavy atom. The predicted octanol–water partition coefficient (Wildman–Crippen LogP) is 2.91. The zero-order valence-electron chi connectivity index (χ0n) is 9.48. The fourth-order valence-electron chi connectivity index (χ4n) is 1.79. The first-order valence-electron chi connectivity index (χ1n) is 5.54. The normalized spacial score (nSPS) is 11.4. The number of rotatable bonds is 3. The van der Waals surface area contributed by atoms with Gasteiger partial charge in [0, 0.05) is 11.6 Å². The molecule has 0 saturated carbocycles. The maximum atomic E-state index is 5.46.